The van der Waals surface area contributed by atoms with Gasteiger partial charge in [0.25, 0.3) is 0 Å². The van der Waals surface area contributed by atoms with E-state index in [1.165, 1.54) is 0 Å². The average molecular weight is 464 g/mol. The summed E-state index contributed by atoms with van der Waals surface area (Å²) in [4.78, 5) is 4.65. The van der Waals surface area contributed by atoms with E-state index in [1.807, 2.05) is 34.7 Å². The van der Waals surface area contributed by atoms with Crippen LogP contribution in [0, 0.1) is 3.57 Å². The topological polar surface area (TPSA) is 37.5 Å². The Balaban J connectivity index is 2.30. The highest BCUT2D eigenvalue weighted by Gasteiger charge is 2.15. The summed E-state index contributed by atoms with van der Waals surface area (Å²) in [5.41, 5.74) is 3.28. The second-order valence-corrected chi connectivity index (χ2v) is 6.79. The number of fused-ring (bicyclic) bond motifs is 1. The summed E-state index contributed by atoms with van der Waals surface area (Å²) in [6.07, 6.45) is 1.78. The van der Waals surface area contributed by atoms with Gasteiger partial charge in [0.15, 0.2) is 5.65 Å². The van der Waals surface area contributed by atoms with E-state index >= 15 is 0 Å². The molecule has 0 radical (unpaired) electrons. The first-order valence-corrected chi connectivity index (χ1v) is 8.08. The molecule has 2 heterocycles. The molecule has 102 valence electrons. The molecule has 0 aliphatic heterocycles. The largest absolute Gasteiger partial charge is 0.390 e. The lowest BCUT2D eigenvalue weighted by molar-refractivity contribution is 0.276. The molecule has 0 unspecified atom stereocenters. The van der Waals surface area contributed by atoms with Crippen LogP contribution in [0.5, 0.6) is 0 Å². The molecule has 0 spiro atoms. The Labute approximate surface area is 142 Å². The number of hydrogen-bond acceptors (Lipinski definition) is 2. The Morgan fingerprint density at radius 2 is 2.00 bits per heavy atom. The first-order valence-electron chi connectivity index (χ1n) is 5.83. The van der Waals surface area contributed by atoms with Crippen LogP contribution in [0.15, 0.2) is 41.0 Å². The summed E-state index contributed by atoms with van der Waals surface area (Å²) in [5, 5.41) is 10.3. The van der Waals surface area contributed by atoms with E-state index in [9.17, 15) is 5.11 Å². The van der Waals surface area contributed by atoms with Gasteiger partial charge < -0.3 is 5.11 Å². The van der Waals surface area contributed by atoms with Crippen molar-refractivity contribution in [1.29, 1.82) is 0 Å². The zero-order valence-corrected chi connectivity index (χ0v) is 14.6. The maximum absolute atomic E-state index is 9.69. The number of benzene rings is 1. The third-order valence-corrected chi connectivity index (χ3v) is 4.54. The van der Waals surface area contributed by atoms with Crippen molar-refractivity contribution in [3.63, 3.8) is 0 Å². The van der Waals surface area contributed by atoms with E-state index in [1.54, 1.807) is 6.20 Å². The molecule has 3 nitrogen and oxygen atoms in total. The molecule has 0 amide bonds. The minimum Gasteiger partial charge on any atom is -0.390 e. The summed E-state index contributed by atoms with van der Waals surface area (Å²) in [7, 11) is 0. The van der Waals surface area contributed by atoms with Crippen LogP contribution in [-0.4, -0.2) is 14.5 Å². The second kappa shape index (κ2) is 5.63. The van der Waals surface area contributed by atoms with E-state index < -0.39 is 0 Å². The highest BCUT2D eigenvalue weighted by Crippen LogP contribution is 2.29. The van der Waals surface area contributed by atoms with Gasteiger partial charge in [-0.2, -0.15) is 0 Å². The fourth-order valence-electron chi connectivity index (χ4n) is 2.11. The Bertz CT molecular complexity index is 786. The number of imidazole rings is 1. The number of pyridine rings is 1. The Hall–Kier alpha value is -0.630. The van der Waals surface area contributed by atoms with Gasteiger partial charge in [-0.25, -0.2) is 4.98 Å². The monoisotopic (exact) mass is 462 g/mol. The van der Waals surface area contributed by atoms with Gasteiger partial charge in [0.2, 0.25) is 0 Å². The zero-order chi connectivity index (χ0) is 14.3. The molecule has 0 aliphatic carbocycles. The van der Waals surface area contributed by atoms with Crippen LogP contribution in [0.25, 0.3) is 16.9 Å². The fourth-order valence-corrected chi connectivity index (χ4v) is 3.48. The average Bonchev–Trinajstić information content (AvgIpc) is 2.78. The summed E-state index contributed by atoms with van der Waals surface area (Å²) in [6.45, 7) is -0.0943. The van der Waals surface area contributed by atoms with Crippen LogP contribution < -0.4 is 0 Å². The van der Waals surface area contributed by atoms with Crippen LogP contribution in [0.4, 0.5) is 0 Å². The molecule has 0 saturated heterocycles. The lowest BCUT2D eigenvalue weighted by Crippen LogP contribution is -1.95. The third kappa shape index (κ3) is 2.47. The molecule has 6 heteroatoms. The molecular weight excluding hydrogens is 454 g/mol. The highest BCUT2D eigenvalue weighted by atomic mass is 127. The molecule has 0 aliphatic rings. The van der Waals surface area contributed by atoms with Crippen molar-refractivity contribution in [2.45, 2.75) is 6.61 Å². The van der Waals surface area contributed by atoms with Gasteiger partial charge in [-0.3, -0.25) is 4.40 Å². The molecule has 0 bridgehead atoms. The number of aliphatic hydroxyl groups is 1. The lowest BCUT2D eigenvalue weighted by atomic mass is 10.1. The third-order valence-electron chi connectivity index (χ3n) is 3.01. The molecule has 1 aromatic carbocycles. The van der Waals surface area contributed by atoms with E-state index in [2.05, 4.69) is 43.5 Å². The number of nitrogens with zero attached hydrogens (tertiary/aromatic N) is 2. The maximum Gasteiger partial charge on any atom is 0.151 e. The van der Waals surface area contributed by atoms with Gasteiger partial charge >= 0.3 is 0 Å². The fraction of sp³-hybridized carbons (Fsp3) is 0.0714. The molecule has 1 N–H and O–H groups in total. The summed E-state index contributed by atoms with van der Waals surface area (Å²) >= 11 is 11.7. The Kier molecular flexibility index (Phi) is 4.03. The lowest BCUT2D eigenvalue weighted by Gasteiger charge is -2.03. The number of aromatic nitrogens is 2. The second-order valence-electron chi connectivity index (χ2n) is 4.27. The standard InChI is InChI=1S/C14H9BrClIN2O/c15-9-3-1-8(2-4-9)13-12(7-20)19-6-10(16)5-11(17)14(19)18-13/h1-6,20H,7H2. The minimum absolute atomic E-state index is 0.0943. The summed E-state index contributed by atoms with van der Waals surface area (Å²) in [5.74, 6) is 0. The van der Waals surface area contributed by atoms with Crippen LogP contribution in [0.1, 0.15) is 5.69 Å². The summed E-state index contributed by atoms with van der Waals surface area (Å²) < 4.78 is 3.81. The normalized spacial score (nSPS) is 11.2. The van der Waals surface area contributed by atoms with Crippen molar-refractivity contribution in [2.24, 2.45) is 0 Å². The minimum atomic E-state index is -0.0943. The molecule has 3 aromatic rings. The van der Waals surface area contributed by atoms with E-state index in [0.717, 1.165) is 30.6 Å². The smallest absolute Gasteiger partial charge is 0.151 e. The van der Waals surface area contributed by atoms with Crippen molar-refractivity contribution >= 4 is 55.8 Å². The van der Waals surface area contributed by atoms with Gasteiger partial charge in [0.05, 0.1) is 26.6 Å². The number of aliphatic hydroxyl groups excluding tert-OH is 1. The van der Waals surface area contributed by atoms with Crippen LogP contribution in [-0.2, 0) is 6.61 Å². The highest BCUT2D eigenvalue weighted by molar-refractivity contribution is 14.1. The molecule has 20 heavy (non-hydrogen) atoms. The van der Waals surface area contributed by atoms with Crippen LogP contribution >= 0.6 is 50.1 Å². The molecule has 2 aromatic heterocycles. The first-order chi connectivity index (χ1) is 9.60. The summed E-state index contributed by atoms with van der Waals surface area (Å²) in [6, 6.07) is 9.72. The Morgan fingerprint density at radius 1 is 1.30 bits per heavy atom. The van der Waals surface area contributed by atoms with Gasteiger partial charge in [0.1, 0.15) is 0 Å². The van der Waals surface area contributed by atoms with Crippen LogP contribution in [0.2, 0.25) is 5.02 Å². The number of rotatable bonds is 2. The van der Waals surface area contributed by atoms with E-state index in [0.29, 0.717) is 5.02 Å². The maximum atomic E-state index is 9.69. The van der Waals surface area contributed by atoms with E-state index in [-0.39, 0.29) is 6.61 Å². The SMILES string of the molecule is OCc1c(-c2ccc(Br)cc2)nc2c(I)cc(Cl)cn12. The van der Waals surface area contributed by atoms with Crippen molar-refractivity contribution in [3.05, 3.63) is 55.3 Å². The zero-order valence-electron chi connectivity index (χ0n) is 10.1. The molecule has 0 fully saturated rings. The molecule has 0 atom stereocenters. The van der Waals surface area contributed by atoms with Crippen LogP contribution in [0.3, 0.4) is 0 Å². The van der Waals surface area contributed by atoms with Gasteiger partial charge in [-0.15, -0.1) is 0 Å². The van der Waals surface area contributed by atoms with Gasteiger partial charge in [-0.05, 0) is 40.8 Å². The molecular formula is C14H9BrClIN2O. The van der Waals surface area contributed by atoms with E-state index in [4.69, 9.17) is 11.6 Å². The van der Waals surface area contributed by atoms with Crippen molar-refractivity contribution in [1.82, 2.24) is 9.38 Å². The number of hydrogen-bond donors (Lipinski definition) is 1. The van der Waals surface area contributed by atoms with Crippen molar-refractivity contribution in [3.8, 4) is 11.3 Å². The Morgan fingerprint density at radius 3 is 2.65 bits per heavy atom. The predicted molar refractivity (Wildman–Crippen MR) is 92.0 cm³/mol. The van der Waals surface area contributed by atoms with Gasteiger partial charge in [0, 0.05) is 16.2 Å². The van der Waals surface area contributed by atoms with Crippen molar-refractivity contribution < 1.29 is 5.11 Å². The predicted octanol–water partition coefficient (Wildman–Crippen LogP) is 4.51. The quantitative estimate of drug-likeness (QED) is 0.568. The molecule has 3 rings (SSSR count). The number of halogens is 3. The van der Waals surface area contributed by atoms with Gasteiger partial charge in [-0.1, -0.05) is 39.7 Å². The van der Waals surface area contributed by atoms with Crippen molar-refractivity contribution in [2.75, 3.05) is 0 Å². The molecule has 0 saturated carbocycles. The first kappa shape index (κ1) is 14.3.